The topological polar surface area (TPSA) is 77.8 Å². The zero-order chi connectivity index (χ0) is 16.8. The van der Waals surface area contributed by atoms with Gasteiger partial charge in [0.2, 0.25) is 0 Å². The molecule has 0 radical (unpaired) electrons. The molecule has 0 heterocycles. The third-order valence-electron chi connectivity index (χ3n) is 3.11. The lowest BCUT2D eigenvalue weighted by Gasteiger charge is -2.14. The monoisotopic (exact) mass is 313 g/mol. The summed E-state index contributed by atoms with van der Waals surface area (Å²) >= 11 is 0. The molecule has 0 aliphatic heterocycles. The fraction of sp³-hybridized carbons (Fsp3) is 0.176. The van der Waals surface area contributed by atoms with E-state index in [4.69, 9.17) is 24.2 Å². The van der Waals surface area contributed by atoms with Crippen molar-refractivity contribution in [2.75, 3.05) is 21.3 Å². The van der Waals surface area contributed by atoms with E-state index < -0.39 is 5.97 Å². The van der Waals surface area contributed by atoms with E-state index in [2.05, 4.69) is 0 Å². The number of ether oxygens (including phenoxy) is 4. The number of carbonyl (C=O) groups excluding carboxylic acids is 1. The Bertz CT molecular complexity index is 722. The summed E-state index contributed by atoms with van der Waals surface area (Å²) in [6, 6.07) is 11.3. The first kappa shape index (κ1) is 16.2. The quantitative estimate of drug-likeness (QED) is 0.624. The molecule has 0 amide bonds. The Hall–Kier alpha value is -3.20. The third kappa shape index (κ3) is 3.52. The fourth-order valence-electron chi connectivity index (χ4n) is 1.96. The molecule has 6 heteroatoms. The van der Waals surface area contributed by atoms with Crippen LogP contribution in [0.4, 0.5) is 0 Å². The molecule has 0 aliphatic carbocycles. The van der Waals surface area contributed by atoms with Crippen LogP contribution in [0, 0.1) is 11.3 Å². The summed E-state index contributed by atoms with van der Waals surface area (Å²) in [5.74, 6) is 0.730. The fourth-order valence-corrected chi connectivity index (χ4v) is 1.96. The number of nitriles is 1. The van der Waals surface area contributed by atoms with Gasteiger partial charge in [-0.2, -0.15) is 5.26 Å². The van der Waals surface area contributed by atoms with Crippen molar-refractivity contribution in [3.8, 4) is 29.1 Å². The van der Waals surface area contributed by atoms with E-state index in [1.165, 1.54) is 21.3 Å². The van der Waals surface area contributed by atoms with Gasteiger partial charge in [0.25, 0.3) is 0 Å². The minimum Gasteiger partial charge on any atom is -0.496 e. The molecule has 0 saturated carbocycles. The highest BCUT2D eigenvalue weighted by Gasteiger charge is 2.22. The van der Waals surface area contributed by atoms with Crippen molar-refractivity contribution in [1.82, 2.24) is 0 Å². The van der Waals surface area contributed by atoms with Crippen LogP contribution < -0.4 is 18.9 Å². The number of methoxy groups -OCH3 is 3. The summed E-state index contributed by atoms with van der Waals surface area (Å²) in [5.41, 5.74) is 0.629. The average Bonchev–Trinajstić information content (AvgIpc) is 2.60. The summed E-state index contributed by atoms with van der Waals surface area (Å²) in [4.78, 5) is 12.4. The van der Waals surface area contributed by atoms with Gasteiger partial charge in [-0.05, 0) is 24.3 Å². The Morgan fingerprint density at radius 1 is 0.913 bits per heavy atom. The molecule has 2 rings (SSSR count). The maximum absolute atomic E-state index is 12.4. The van der Waals surface area contributed by atoms with Crippen LogP contribution in [0.15, 0.2) is 36.4 Å². The molecular weight excluding hydrogens is 298 g/mol. The largest absolute Gasteiger partial charge is 0.496 e. The first-order valence-electron chi connectivity index (χ1n) is 6.65. The standard InChI is InChI=1S/C17H15NO5/c1-20-13-8-14(21-2)16(15(9-13)22-3)17(19)23-12-6-4-11(10-18)5-7-12/h4-9H,1-3H3. The van der Waals surface area contributed by atoms with Crippen LogP contribution in [0.1, 0.15) is 15.9 Å². The number of rotatable bonds is 5. The molecule has 0 bridgehead atoms. The highest BCUT2D eigenvalue weighted by Crippen LogP contribution is 2.34. The predicted octanol–water partition coefficient (Wildman–Crippen LogP) is 2.80. The summed E-state index contributed by atoms with van der Waals surface area (Å²) < 4.78 is 20.9. The van der Waals surface area contributed by atoms with Gasteiger partial charge in [0, 0.05) is 12.1 Å². The van der Waals surface area contributed by atoms with E-state index >= 15 is 0 Å². The number of carbonyl (C=O) groups is 1. The van der Waals surface area contributed by atoms with Crippen LogP contribution in [0.3, 0.4) is 0 Å². The van der Waals surface area contributed by atoms with Crippen molar-refractivity contribution >= 4 is 5.97 Å². The molecule has 2 aromatic rings. The summed E-state index contributed by atoms with van der Waals surface area (Å²) in [6.07, 6.45) is 0. The number of hydrogen-bond acceptors (Lipinski definition) is 6. The van der Waals surface area contributed by atoms with Crippen LogP contribution in [0.5, 0.6) is 23.0 Å². The van der Waals surface area contributed by atoms with Gasteiger partial charge in [0.15, 0.2) is 0 Å². The normalized spacial score (nSPS) is 9.65. The van der Waals surface area contributed by atoms with E-state index in [9.17, 15) is 4.79 Å². The maximum atomic E-state index is 12.4. The van der Waals surface area contributed by atoms with Crippen molar-refractivity contribution < 1.29 is 23.7 Å². The molecule has 2 aromatic carbocycles. The highest BCUT2D eigenvalue weighted by molar-refractivity contribution is 5.97. The van der Waals surface area contributed by atoms with Crippen LogP contribution in [0.2, 0.25) is 0 Å². The van der Waals surface area contributed by atoms with Crippen molar-refractivity contribution in [3.05, 3.63) is 47.5 Å². The SMILES string of the molecule is COc1cc(OC)c(C(=O)Oc2ccc(C#N)cc2)c(OC)c1. The molecule has 0 atom stereocenters. The second-order valence-electron chi connectivity index (χ2n) is 4.43. The highest BCUT2D eigenvalue weighted by atomic mass is 16.5. The first-order valence-corrected chi connectivity index (χ1v) is 6.65. The van der Waals surface area contributed by atoms with Gasteiger partial charge >= 0.3 is 5.97 Å². The summed E-state index contributed by atoms with van der Waals surface area (Å²) in [5, 5.41) is 8.77. The third-order valence-corrected chi connectivity index (χ3v) is 3.11. The van der Waals surface area contributed by atoms with E-state index in [-0.39, 0.29) is 17.1 Å². The van der Waals surface area contributed by atoms with Crippen LogP contribution >= 0.6 is 0 Å². The smallest absolute Gasteiger partial charge is 0.351 e. The Labute approximate surface area is 133 Å². The predicted molar refractivity (Wildman–Crippen MR) is 82.2 cm³/mol. The summed E-state index contributed by atoms with van der Waals surface area (Å²) in [7, 11) is 4.38. The molecule has 0 saturated heterocycles. The van der Waals surface area contributed by atoms with E-state index in [1.54, 1.807) is 36.4 Å². The molecule has 0 aromatic heterocycles. The van der Waals surface area contributed by atoms with Crippen LogP contribution in [-0.2, 0) is 0 Å². The van der Waals surface area contributed by atoms with Crippen LogP contribution in [0.25, 0.3) is 0 Å². The van der Waals surface area contributed by atoms with E-state index in [1.807, 2.05) is 6.07 Å². The zero-order valence-electron chi connectivity index (χ0n) is 13.0. The van der Waals surface area contributed by atoms with Gasteiger partial charge in [-0.15, -0.1) is 0 Å². The molecular formula is C17H15NO5. The Kier molecular flexibility index (Phi) is 5.05. The number of esters is 1. The lowest BCUT2D eigenvalue weighted by atomic mass is 10.1. The second kappa shape index (κ2) is 7.18. The Morgan fingerprint density at radius 2 is 1.48 bits per heavy atom. The second-order valence-corrected chi connectivity index (χ2v) is 4.43. The van der Waals surface area contributed by atoms with Gasteiger partial charge in [0.1, 0.15) is 28.6 Å². The van der Waals surface area contributed by atoms with Gasteiger partial charge in [-0.25, -0.2) is 4.79 Å². The minimum absolute atomic E-state index is 0.153. The molecule has 118 valence electrons. The van der Waals surface area contributed by atoms with E-state index in [0.29, 0.717) is 17.1 Å². The van der Waals surface area contributed by atoms with Crippen molar-refractivity contribution in [3.63, 3.8) is 0 Å². The van der Waals surface area contributed by atoms with Crippen molar-refractivity contribution in [2.45, 2.75) is 0 Å². The van der Waals surface area contributed by atoms with Crippen LogP contribution in [-0.4, -0.2) is 27.3 Å². The molecule has 0 fully saturated rings. The molecule has 6 nitrogen and oxygen atoms in total. The molecule has 23 heavy (non-hydrogen) atoms. The lowest BCUT2D eigenvalue weighted by molar-refractivity contribution is 0.0727. The van der Waals surface area contributed by atoms with Gasteiger partial charge in [-0.1, -0.05) is 0 Å². The Morgan fingerprint density at radius 3 is 1.91 bits per heavy atom. The zero-order valence-corrected chi connectivity index (χ0v) is 13.0. The van der Waals surface area contributed by atoms with Gasteiger partial charge in [0.05, 0.1) is 33.0 Å². The molecule has 0 unspecified atom stereocenters. The molecule has 0 N–H and O–H groups in total. The number of hydrogen-bond donors (Lipinski definition) is 0. The first-order chi connectivity index (χ1) is 11.1. The average molecular weight is 313 g/mol. The van der Waals surface area contributed by atoms with Gasteiger partial charge < -0.3 is 18.9 Å². The van der Waals surface area contributed by atoms with E-state index in [0.717, 1.165) is 0 Å². The summed E-state index contributed by atoms with van der Waals surface area (Å²) in [6.45, 7) is 0. The molecule has 0 aliphatic rings. The van der Waals surface area contributed by atoms with Gasteiger partial charge in [-0.3, -0.25) is 0 Å². The number of nitrogens with zero attached hydrogens (tertiary/aromatic N) is 1. The molecule has 0 spiro atoms. The van der Waals surface area contributed by atoms with Crippen molar-refractivity contribution in [1.29, 1.82) is 5.26 Å². The number of benzene rings is 2. The lowest BCUT2D eigenvalue weighted by Crippen LogP contribution is -2.12. The Balaban J connectivity index is 2.35. The van der Waals surface area contributed by atoms with Crippen molar-refractivity contribution in [2.24, 2.45) is 0 Å². The minimum atomic E-state index is -0.633. The maximum Gasteiger partial charge on any atom is 0.351 e.